The Morgan fingerprint density at radius 2 is 2.12 bits per heavy atom. The number of halogens is 1. The number of hydrogen-bond donors (Lipinski definition) is 2. The second kappa shape index (κ2) is 8.83. The molecule has 26 heavy (non-hydrogen) atoms. The molecule has 3 amide bonds. The lowest BCUT2D eigenvalue weighted by Gasteiger charge is -2.40. The van der Waals surface area contributed by atoms with Crippen LogP contribution in [0.3, 0.4) is 0 Å². The number of urea groups is 1. The molecule has 1 heterocycles. The molecule has 2 unspecified atom stereocenters. The van der Waals surface area contributed by atoms with E-state index in [1.54, 1.807) is 30.0 Å². The van der Waals surface area contributed by atoms with E-state index in [0.717, 1.165) is 5.56 Å². The van der Waals surface area contributed by atoms with E-state index in [1.165, 1.54) is 6.07 Å². The zero-order valence-electron chi connectivity index (χ0n) is 15.7. The van der Waals surface area contributed by atoms with Crippen molar-refractivity contribution in [3.05, 3.63) is 47.8 Å². The number of benzene rings is 1. The molecule has 1 saturated heterocycles. The van der Waals surface area contributed by atoms with E-state index in [2.05, 4.69) is 17.2 Å². The molecule has 1 aliphatic rings. The van der Waals surface area contributed by atoms with Crippen molar-refractivity contribution in [3.63, 3.8) is 0 Å². The molecule has 6 heteroatoms. The minimum atomic E-state index is -0.260. The minimum absolute atomic E-state index is 0.00641. The number of nitrogens with zero attached hydrogens (tertiary/aromatic N) is 1. The van der Waals surface area contributed by atoms with Crippen molar-refractivity contribution in [2.24, 2.45) is 5.92 Å². The highest BCUT2D eigenvalue weighted by Crippen LogP contribution is 2.34. The molecule has 1 aromatic carbocycles. The SMILES string of the molecule is C=CCNC(=O)C1CCC(c2ccc(F)c(C)c2)N(C(=O)NC(C)C)C1. The molecule has 0 bridgehead atoms. The van der Waals surface area contributed by atoms with Crippen molar-refractivity contribution in [3.8, 4) is 0 Å². The van der Waals surface area contributed by atoms with Crippen molar-refractivity contribution in [1.29, 1.82) is 0 Å². The first-order valence-corrected chi connectivity index (χ1v) is 9.05. The standard InChI is InChI=1S/C20H28FN3O2/c1-5-10-22-19(25)16-7-9-18(15-6-8-17(21)14(4)11-15)24(12-16)20(26)23-13(2)3/h5-6,8,11,13,16,18H,1,7,9-10,12H2,2-4H3,(H,22,25)(H,23,26). The highest BCUT2D eigenvalue weighted by molar-refractivity contribution is 5.81. The van der Waals surface area contributed by atoms with Crippen LogP contribution in [0.15, 0.2) is 30.9 Å². The smallest absolute Gasteiger partial charge is 0.318 e. The summed E-state index contributed by atoms with van der Waals surface area (Å²) in [4.78, 5) is 26.7. The number of likely N-dealkylation sites (tertiary alicyclic amines) is 1. The van der Waals surface area contributed by atoms with E-state index in [-0.39, 0.29) is 35.8 Å². The quantitative estimate of drug-likeness (QED) is 0.791. The van der Waals surface area contributed by atoms with Gasteiger partial charge in [0.15, 0.2) is 0 Å². The van der Waals surface area contributed by atoms with Crippen LogP contribution < -0.4 is 10.6 Å². The summed E-state index contributed by atoms with van der Waals surface area (Å²) in [7, 11) is 0. The summed E-state index contributed by atoms with van der Waals surface area (Å²) in [5, 5.41) is 5.71. The number of hydrogen-bond acceptors (Lipinski definition) is 2. The van der Waals surface area contributed by atoms with Gasteiger partial charge < -0.3 is 15.5 Å². The van der Waals surface area contributed by atoms with Crippen LogP contribution in [0, 0.1) is 18.7 Å². The summed E-state index contributed by atoms with van der Waals surface area (Å²) in [6, 6.07) is 4.57. The molecule has 0 spiro atoms. The Balaban J connectivity index is 2.23. The number of rotatable bonds is 5. The molecular formula is C20H28FN3O2. The Hall–Kier alpha value is -2.37. The topological polar surface area (TPSA) is 61.4 Å². The molecule has 0 saturated carbocycles. The van der Waals surface area contributed by atoms with Gasteiger partial charge in [-0.3, -0.25) is 4.79 Å². The fourth-order valence-corrected chi connectivity index (χ4v) is 3.28. The largest absolute Gasteiger partial charge is 0.352 e. The first-order chi connectivity index (χ1) is 12.3. The zero-order chi connectivity index (χ0) is 19.3. The van der Waals surface area contributed by atoms with Crippen LogP contribution in [0.25, 0.3) is 0 Å². The Morgan fingerprint density at radius 3 is 2.73 bits per heavy atom. The molecular weight excluding hydrogens is 333 g/mol. The fourth-order valence-electron chi connectivity index (χ4n) is 3.28. The van der Waals surface area contributed by atoms with E-state index in [1.807, 2.05) is 13.8 Å². The Labute approximate surface area is 154 Å². The fraction of sp³-hybridized carbons (Fsp3) is 0.500. The van der Waals surface area contributed by atoms with Crippen molar-refractivity contribution >= 4 is 11.9 Å². The summed E-state index contributed by atoms with van der Waals surface area (Å²) in [5.74, 6) is -0.587. The molecule has 142 valence electrons. The molecule has 1 aliphatic heterocycles. The lowest BCUT2D eigenvalue weighted by Crippen LogP contribution is -2.51. The van der Waals surface area contributed by atoms with Crippen LogP contribution in [-0.4, -0.2) is 36.0 Å². The summed E-state index contributed by atoms with van der Waals surface area (Å²) in [5.41, 5.74) is 1.45. The highest BCUT2D eigenvalue weighted by atomic mass is 19.1. The van der Waals surface area contributed by atoms with E-state index in [0.29, 0.717) is 31.5 Å². The predicted octanol–water partition coefficient (Wildman–Crippen LogP) is 3.31. The summed E-state index contributed by atoms with van der Waals surface area (Å²) >= 11 is 0. The van der Waals surface area contributed by atoms with Crippen LogP contribution in [0.5, 0.6) is 0 Å². The van der Waals surface area contributed by atoms with Crippen LogP contribution in [0.2, 0.25) is 0 Å². The maximum atomic E-state index is 13.6. The molecule has 0 aliphatic carbocycles. The van der Waals surface area contributed by atoms with Gasteiger partial charge in [-0.05, 0) is 50.8 Å². The second-order valence-electron chi connectivity index (χ2n) is 7.09. The third kappa shape index (κ3) is 4.84. The number of nitrogens with one attached hydrogen (secondary N) is 2. The van der Waals surface area contributed by atoms with E-state index >= 15 is 0 Å². The van der Waals surface area contributed by atoms with E-state index in [4.69, 9.17) is 0 Å². The number of amides is 3. The maximum Gasteiger partial charge on any atom is 0.318 e. The van der Waals surface area contributed by atoms with E-state index in [9.17, 15) is 14.0 Å². The molecule has 2 atom stereocenters. The third-order valence-corrected chi connectivity index (χ3v) is 4.61. The second-order valence-corrected chi connectivity index (χ2v) is 7.09. The minimum Gasteiger partial charge on any atom is -0.352 e. The monoisotopic (exact) mass is 361 g/mol. The van der Waals surface area contributed by atoms with Crippen LogP contribution in [-0.2, 0) is 4.79 Å². The van der Waals surface area contributed by atoms with Gasteiger partial charge in [0, 0.05) is 19.1 Å². The van der Waals surface area contributed by atoms with Gasteiger partial charge in [-0.2, -0.15) is 0 Å². The first-order valence-electron chi connectivity index (χ1n) is 9.05. The lowest BCUT2D eigenvalue weighted by molar-refractivity contribution is -0.126. The summed E-state index contributed by atoms with van der Waals surface area (Å²) in [6.45, 7) is 9.85. The number of aryl methyl sites for hydroxylation is 1. The Bertz CT molecular complexity index is 675. The highest BCUT2D eigenvalue weighted by Gasteiger charge is 2.35. The van der Waals surface area contributed by atoms with Crippen molar-refractivity contribution in [2.75, 3.05) is 13.1 Å². The number of carbonyl (C=O) groups excluding carboxylic acids is 2. The van der Waals surface area contributed by atoms with Gasteiger partial charge in [0.2, 0.25) is 5.91 Å². The van der Waals surface area contributed by atoms with Gasteiger partial charge in [0.25, 0.3) is 0 Å². The van der Waals surface area contributed by atoms with Gasteiger partial charge in [-0.1, -0.05) is 18.2 Å². The van der Waals surface area contributed by atoms with Gasteiger partial charge in [-0.25, -0.2) is 9.18 Å². The molecule has 1 aromatic rings. The first kappa shape index (κ1) is 19.9. The van der Waals surface area contributed by atoms with E-state index < -0.39 is 0 Å². The van der Waals surface area contributed by atoms with Crippen molar-refractivity contribution in [1.82, 2.24) is 15.5 Å². The van der Waals surface area contributed by atoms with Crippen LogP contribution in [0.4, 0.5) is 9.18 Å². The van der Waals surface area contributed by atoms with Crippen LogP contribution in [0.1, 0.15) is 43.9 Å². The average molecular weight is 361 g/mol. The van der Waals surface area contributed by atoms with Gasteiger partial charge in [-0.15, -0.1) is 6.58 Å². The molecule has 2 N–H and O–H groups in total. The zero-order valence-corrected chi connectivity index (χ0v) is 15.7. The number of piperidine rings is 1. The summed E-state index contributed by atoms with van der Waals surface area (Å²) < 4.78 is 13.6. The van der Waals surface area contributed by atoms with Gasteiger partial charge >= 0.3 is 6.03 Å². The molecule has 1 fully saturated rings. The van der Waals surface area contributed by atoms with Crippen LogP contribution >= 0.6 is 0 Å². The van der Waals surface area contributed by atoms with Gasteiger partial charge in [0.05, 0.1) is 12.0 Å². The Kier molecular flexibility index (Phi) is 6.77. The summed E-state index contributed by atoms with van der Waals surface area (Å²) in [6.07, 6.45) is 2.96. The predicted molar refractivity (Wildman–Crippen MR) is 100 cm³/mol. The third-order valence-electron chi connectivity index (χ3n) is 4.61. The average Bonchev–Trinajstić information content (AvgIpc) is 2.61. The molecule has 0 aromatic heterocycles. The van der Waals surface area contributed by atoms with Gasteiger partial charge in [0.1, 0.15) is 5.82 Å². The molecule has 2 rings (SSSR count). The van der Waals surface area contributed by atoms with Crippen molar-refractivity contribution < 1.29 is 14.0 Å². The molecule has 5 nitrogen and oxygen atoms in total. The Morgan fingerprint density at radius 1 is 1.38 bits per heavy atom. The lowest BCUT2D eigenvalue weighted by atomic mass is 9.88. The molecule has 0 radical (unpaired) electrons. The normalized spacial score (nSPS) is 20.0. The van der Waals surface area contributed by atoms with Crippen molar-refractivity contribution in [2.45, 2.75) is 45.7 Å². The number of carbonyl (C=O) groups is 2. The maximum absolute atomic E-state index is 13.6.